The van der Waals surface area contributed by atoms with E-state index in [1.165, 1.54) is 9.78 Å². The maximum atomic E-state index is 12.7. The van der Waals surface area contributed by atoms with Crippen LogP contribution in [0.3, 0.4) is 0 Å². The molecule has 2 aromatic heterocycles. The van der Waals surface area contributed by atoms with Gasteiger partial charge in [-0.15, -0.1) is 22.7 Å². The molecule has 1 fully saturated rings. The number of hydrogen-bond donors (Lipinski definition) is 1. The van der Waals surface area contributed by atoms with Crippen molar-refractivity contribution >= 4 is 32.7 Å². The highest BCUT2D eigenvalue weighted by Gasteiger charge is 2.29. The second kappa shape index (κ2) is 8.20. The van der Waals surface area contributed by atoms with E-state index in [1.54, 1.807) is 27.0 Å². The maximum absolute atomic E-state index is 12.7. The van der Waals surface area contributed by atoms with E-state index in [9.17, 15) is 8.42 Å². The fourth-order valence-electron chi connectivity index (χ4n) is 3.29. The van der Waals surface area contributed by atoms with Crippen molar-refractivity contribution in [3.63, 3.8) is 0 Å². The van der Waals surface area contributed by atoms with Crippen LogP contribution in [0.5, 0.6) is 0 Å². The minimum atomic E-state index is -3.25. The monoisotopic (exact) mass is 420 g/mol. The van der Waals surface area contributed by atoms with Crippen LogP contribution in [0.1, 0.15) is 11.3 Å². The van der Waals surface area contributed by atoms with E-state index in [0.717, 1.165) is 35.9 Å². The molecule has 1 aromatic carbocycles. The van der Waals surface area contributed by atoms with E-state index >= 15 is 0 Å². The molecule has 8 heteroatoms. The van der Waals surface area contributed by atoms with Crippen LogP contribution < -0.4 is 4.90 Å². The van der Waals surface area contributed by atoms with E-state index in [1.807, 2.05) is 36.4 Å². The average Bonchev–Trinajstić information content (AvgIpc) is 3.34. The summed E-state index contributed by atoms with van der Waals surface area (Å²) in [6, 6.07) is 13.5. The fraction of sp³-hybridized carbons (Fsp3) is 0.316. The first kappa shape index (κ1) is 18.8. The molecule has 0 radical (unpaired) electrons. The Morgan fingerprint density at radius 3 is 2.52 bits per heavy atom. The molecule has 0 unspecified atom stereocenters. The zero-order chi connectivity index (χ0) is 18.7. The van der Waals surface area contributed by atoms with Crippen molar-refractivity contribution in [2.45, 2.75) is 12.3 Å². The largest absolute Gasteiger partial charge is 0.328 e. The first-order valence-electron chi connectivity index (χ1n) is 8.94. The molecule has 1 aliphatic rings. The highest BCUT2D eigenvalue weighted by molar-refractivity contribution is 7.88. The van der Waals surface area contributed by atoms with Crippen molar-refractivity contribution in [1.29, 1.82) is 0 Å². The van der Waals surface area contributed by atoms with Crippen molar-refractivity contribution in [2.75, 3.05) is 26.2 Å². The third-order valence-corrected chi connectivity index (χ3v) is 8.51. The number of hydrogen-bond acceptors (Lipinski definition) is 5. The average molecular weight is 421 g/mol. The van der Waals surface area contributed by atoms with E-state index in [4.69, 9.17) is 4.98 Å². The number of quaternary nitrogens is 1. The van der Waals surface area contributed by atoms with Crippen LogP contribution in [0.15, 0.2) is 53.2 Å². The van der Waals surface area contributed by atoms with E-state index in [2.05, 4.69) is 16.8 Å². The summed E-state index contributed by atoms with van der Waals surface area (Å²) in [5, 5.41) is 5.26. The SMILES string of the molecule is O=S(=O)(Cc1ccccc1)N1CC[NH+](Cc2csc(-c3cccs3)n2)CC1. The number of nitrogens with one attached hydrogen (secondary N) is 1. The minimum Gasteiger partial charge on any atom is -0.328 e. The number of thiophene rings is 1. The normalized spacial score (nSPS) is 16.6. The molecule has 1 saturated heterocycles. The van der Waals surface area contributed by atoms with Gasteiger partial charge >= 0.3 is 0 Å². The molecular weight excluding hydrogens is 398 g/mol. The molecule has 27 heavy (non-hydrogen) atoms. The van der Waals surface area contributed by atoms with Crippen LogP contribution in [0, 0.1) is 0 Å². The summed E-state index contributed by atoms with van der Waals surface area (Å²) in [6.45, 7) is 3.65. The molecule has 0 atom stereocenters. The van der Waals surface area contributed by atoms with Gasteiger partial charge in [0, 0.05) is 5.38 Å². The summed E-state index contributed by atoms with van der Waals surface area (Å²) in [6.07, 6.45) is 0. The predicted molar refractivity (Wildman–Crippen MR) is 110 cm³/mol. The molecule has 0 saturated carbocycles. The molecular formula is C19H22N3O2S3+. The fourth-order valence-corrected chi connectivity index (χ4v) is 6.46. The zero-order valence-electron chi connectivity index (χ0n) is 14.9. The van der Waals surface area contributed by atoms with Gasteiger partial charge in [-0.2, -0.15) is 4.31 Å². The van der Waals surface area contributed by atoms with Crippen LogP contribution in [0.25, 0.3) is 9.88 Å². The number of rotatable bonds is 6. The Morgan fingerprint density at radius 2 is 1.81 bits per heavy atom. The van der Waals surface area contributed by atoms with Gasteiger partial charge in [0.2, 0.25) is 10.0 Å². The smallest absolute Gasteiger partial charge is 0.218 e. The number of nitrogens with zero attached hydrogens (tertiary/aromatic N) is 2. The van der Waals surface area contributed by atoms with Crippen molar-refractivity contribution < 1.29 is 13.3 Å². The Morgan fingerprint density at radius 1 is 1.04 bits per heavy atom. The third-order valence-electron chi connectivity index (χ3n) is 4.73. The molecule has 5 nitrogen and oxygen atoms in total. The summed E-state index contributed by atoms with van der Waals surface area (Å²) in [5.74, 6) is 0.0828. The molecule has 1 N–H and O–H groups in total. The van der Waals surface area contributed by atoms with Crippen LogP contribution in [0.2, 0.25) is 0 Å². The highest BCUT2D eigenvalue weighted by atomic mass is 32.2. The van der Waals surface area contributed by atoms with Crippen molar-refractivity contribution in [3.8, 4) is 9.88 Å². The van der Waals surface area contributed by atoms with Gasteiger partial charge in [0.15, 0.2) is 0 Å². The molecule has 0 spiro atoms. The summed E-state index contributed by atoms with van der Waals surface area (Å²) in [7, 11) is -3.25. The van der Waals surface area contributed by atoms with Crippen LogP contribution >= 0.6 is 22.7 Å². The molecule has 142 valence electrons. The van der Waals surface area contributed by atoms with Gasteiger partial charge in [0.1, 0.15) is 17.2 Å². The van der Waals surface area contributed by atoms with E-state index in [-0.39, 0.29) is 5.75 Å². The first-order valence-corrected chi connectivity index (χ1v) is 12.3. The summed E-state index contributed by atoms with van der Waals surface area (Å²) >= 11 is 3.39. The van der Waals surface area contributed by atoms with Gasteiger partial charge in [0.05, 0.1) is 36.8 Å². The van der Waals surface area contributed by atoms with Gasteiger partial charge in [-0.05, 0) is 17.0 Å². The summed E-state index contributed by atoms with van der Waals surface area (Å²) in [5.41, 5.74) is 1.94. The highest BCUT2D eigenvalue weighted by Crippen LogP contribution is 2.27. The molecule has 4 rings (SSSR count). The van der Waals surface area contributed by atoms with Gasteiger partial charge in [-0.1, -0.05) is 36.4 Å². The molecule has 0 aliphatic carbocycles. The zero-order valence-corrected chi connectivity index (χ0v) is 17.3. The number of aromatic nitrogens is 1. The van der Waals surface area contributed by atoms with Gasteiger partial charge < -0.3 is 4.90 Å². The Labute approximate surface area is 168 Å². The van der Waals surface area contributed by atoms with Crippen molar-refractivity contribution in [3.05, 3.63) is 64.5 Å². The maximum Gasteiger partial charge on any atom is 0.218 e. The molecule has 0 bridgehead atoms. The Bertz CT molecular complexity index is 961. The lowest BCUT2D eigenvalue weighted by molar-refractivity contribution is -0.917. The summed E-state index contributed by atoms with van der Waals surface area (Å²) < 4.78 is 27.0. The van der Waals surface area contributed by atoms with Gasteiger partial charge in [0.25, 0.3) is 0 Å². The minimum absolute atomic E-state index is 0.0828. The lowest BCUT2D eigenvalue weighted by Crippen LogP contribution is -3.13. The third kappa shape index (κ3) is 4.64. The second-order valence-electron chi connectivity index (χ2n) is 6.69. The number of thiazole rings is 1. The second-order valence-corrected chi connectivity index (χ2v) is 10.5. The standard InChI is InChI=1S/C19H21N3O2S3/c23-27(24,15-16-5-2-1-3-6-16)22-10-8-21(9-11-22)13-17-14-26-19(20-17)18-7-4-12-25-18/h1-7,12,14H,8-11,13,15H2/p+1. The first-order chi connectivity index (χ1) is 13.1. The predicted octanol–water partition coefficient (Wildman–Crippen LogP) is 2.10. The Balaban J connectivity index is 1.32. The number of piperazine rings is 1. The lowest BCUT2D eigenvalue weighted by Gasteiger charge is -2.31. The van der Waals surface area contributed by atoms with Crippen LogP contribution in [0.4, 0.5) is 0 Å². The molecule has 3 heterocycles. The molecule has 1 aliphatic heterocycles. The van der Waals surface area contributed by atoms with Crippen molar-refractivity contribution in [1.82, 2.24) is 9.29 Å². The van der Waals surface area contributed by atoms with Crippen LogP contribution in [-0.2, 0) is 22.3 Å². The van der Waals surface area contributed by atoms with Crippen LogP contribution in [-0.4, -0.2) is 43.9 Å². The van der Waals surface area contributed by atoms with Gasteiger partial charge in [-0.25, -0.2) is 13.4 Å². The van der Waals surface area contributed by atoms with Crippen molar-refractivity contribution in [2.24, 2.45) is 0 Å². The van der Waals surface area contributed by atoms with Gasteiger partial charge in [-0.3, -0.25) is 0 Å². The van der Waals surface area contributed by atoms with E-state index in [0.29, 0.717) is 13.1 Å². The molecule has 0 amide bonds. The summed E-state index contributed by atoms with van der Waals surface area (Å²) in [4.78, 5) is 7.35. The van der Waals surface area contributed by atoms with E-state index < -0.39 is 10.0 Å². The topological polar surface area (TPSA) is 54.7 Å². The number of benzene rings is 1. The lowest BCUT2D eigenvalue weighted by atomic mass is 10.2. The Hall–Kier alpha value is -1.58. The molecule has 3 aromatic rings. The quantitative estimate of drug-likeness (QED) is 0.665. The number of sulfonamides is 1. The Kier molecular flexibility index (Phi) is 5.70.